The Bertz CT molecular complexity index is 622. The molecule has 0 atom stereocenters. The van der Waals surface area contributed by atoms with E-state index in [1.165, 1.54) is 0 Å². The molecule has 1 fully saturated rings. The summed E-state index contributed by atoms with van der Waals surface area (Å²) in [7, 11) is 1.92. The molecule has 0 radical (unpaired) electrons. The topological polar surface area (TPSA) is 42.2 Å². The van der Waals surface area contributed by atoms with Gasteiger partial charge in [-0.2, -0.15) is 0 Å². The van der Waals surface area contributed by atoms with Crippen LogP contribution in [0, 0.1) is 0 Å². The molecule has 0 saturated carbocycles. The van der Waals surface area contributed by atoms with Gasteiger partial charge >= 0.3 is 0 Å². The number of hydrogen-bond donors (Lipinski definition) is 1. The van der Waals surface area contributed by atoms with Crippen LogP contribution in [0.1, 0.15) is 26.0 Å². The zero-order valence-electron chi connectivity index (χ0n) is 15.0. The molecule has 6 heteroatoms. The third-order valence-electron chi connectivity index (χ3n) is 3.77. The lowest BCUT2D eigenvalue weighted by Gasteiger charge is -2.27. The second kappa shape index (κ2) is 11.2. The highest BCUT2D eigenvalue weighted by molar-refractivity contribution is 9.10. The molecule has 5 nitrogen and oxygen atoms in total. The van der Waals surface area contributed by atoms with Crippen molar-refractivity contribution in [1.82, 2.24) is 19.6 Å². The van der Waals surface area contributed by atoms with E-state index in [-0.39, 0.29) is 5.56 Å². The highest BCUT2D eigenvalue weighted by Crippen LogP contribution is 2.15. The maximum atomic E-state index is 12.1. The van der Waals surface area contributed by atoms with Crippen LogP contribution >= 0.6 is 15.9 Å². The number of nitrogens with zero attached hydrogens (tertiary/aromatic N) is 3. The van der Waals surface area contributed by atoms with Crippen molar-refractivity contribution in [2.24, 2.45) is 7.05 Å². The Morgan fingerprint density at radius 1 is 1.25 bits per heavy atom. The smallest absolute Gasteiger partial charge is 0.285 e. The average molecular weight is 397 g/mol. The van der Waals surface area contributed by atoms with Gasteiger partial charge in [0.05, 0.1) is 5.69 Å². The lowest BCUT2D eigenvalue weighted by molar-refractivity contribution is 0.227. The summed E-state index contributed by atoms with van der Waals surface area (Å²) in [6, 6.07) is 0. The van der Waals surface area contributed by atoms with Gasteiger partial charge in [0.1, 0.15) is 4.47 Å². The first kappa shape index (κ1) is 20.7. The first-order valence-electron chi connectivity index (χ1n) is 8.30. The van der Waals surface area contributed by atoms with E-state index in [1.54, 1.807) is 10.9 Å². The van der Waals surface area contributed by atoms with E-state index in [4.69, 9.17) is 0 Å². The van der Waals surface area contributed by atoms with Gasteiger partial charge in [-0.25, -0.2) is 4.68 Å². The molecule has 0 aliphatic carbocycles. The van der Waals surface area contributed by atoms with Gasteiger partial charge in [-0.1, -0.05) is 24.3 Å². The minimum absolute atomic E-state index is 0.000680. The predicted octanol–water partition coefficient (Wildman–Crippen LogP) is 2.98. The number of halogens is 1. The molecule has 0 amide bonds. The second-order valence-electron chi connectivity index (χ2n) is 5.54. The number of rotatable bonds is 5. The first-order valence-corrected chi connectivity index (χ1v) is 9.09. The fourth-order valence-corrected chi connectivity index (χ4v) is 2.99. The van der Waals surface area contributed by atoms with Crippen LogP contribution < -0.4 is 10.9 Å². The summed E-state index contributed by atoms with van der Waals surface area (Å²) in [5, 5.41) is 3.33. The van der Waals surface area contributed by atoms with Crippen molar-refractivity contribution in [3.8, 4) is 0 Å². The molecule has 2 rings (SSSR count). The molecule has 0 aromatic carbocycles. The van der Waals surface area contributed by atoms with Crippen LogP contribution in [0.2, 0.25) is 0 Å². The van der Waals surface area contributed by atoms with Crippen molar-refractivity contribution in [2.45, 2.75) is 26.8 Å². The third-order valence-corrected chi connectivity index (χ3v) is 4.57. The van der Waals surface area contributed by atoms with Crippen molar-refractivity contribution < 1.29 is 0 Å². The minimum Gasteiger partial charge on any atom is -0.314 e. The maximum absolute atomic E-state index is 12.1. The highest BCUT2D eigenvalue weighted by Gasteiger charge is 2.18. The van der Waals surface area contributed by atoms with Gasteiger partial charge in [0.15, 0.2) is 0 Å². The molecule has 0 bridgehead atoms. The summed E-state index contributed by atoms with van der Waals surface area (Å²) in [4.78, 5) is 14.4. The number of allylic oxidation sites excluding steroid dienone is 4. The molecule has 24 heavy (non-hydrogen) atoms. The van der Waals surface area contributed by atoms with E-state index in [2.05, 4.69) is 38.8 Å². The Morgan fingerprint density at radius 2 is 1.92 bits per heavy atom. The van der Waals surface area contributed by atoms with Gasteiger partial charge in [0.2, 0.25) is 0 Å². The highest BCUT2D eigenvalue weighted by atomic mass is 79.9. The maximum Gasteiger partial charge on any atom is 0.285 e. The normalized spacial score (nSPS) is 15.7. The van der Waals surface area contributed by atoms with Crippen molar-refractivity contribution >= 4 is 22.1 Å². The molecule has 134 valence electrons. The number of nitrogens with one attached hydrogen (secondary N) is 1. The van der Waals surface area contributed by atoms with Gasteiger partial charge in [-0.15, -0.1) is 6.58 Å². The van der Waals surface area contributed by atoms with Gasteiger partial charge in [0.25, 0.3) is 5.56 Å². The molecule has 1 aliphatic heterocycles. The quantitative estimate of drug-likeness (QED) is 0.777. The van der Waals surface area contributed by atoms with Gasteiger partial charge < -0.3 is 5.32 Å². The van der Waals surface area contributed by atoms with Crippen LogP contribution in [-0.2, 0) is 13.6 Å². The van der Waals surface area contributed by atoms with Crippen LogP contribution in [0.3, 0.4) is 0 Å². The first-order chi connectivity index (χ1) is 11.6. The summed E-state index contributed by atoms with van der Waals surface area (Å²) >= 11 is 3.42. The number of piperazine rings is 1. The SMILES string of the molecule is C/C=C/n1c(=O)c(Br)c(CN2CCNCC2)n1C.C=CC/C=C\C. The lowest BCUT2D eigenvalue weighted by atomic mass is 10.3. The van der Waals surface area contributed by atoms with Crippen LogP contribution in [-0.4, -0.2) is 40.4 Å². The fourth-order valence-electron chi connectivity index (χ4n) is 2.43. The van der Waals surface area contributed by atoms with E-state index in [1.807, 2.05) is 43.8 Å². The van der Waals surface area contributed by atoms with E-state index in [0.717, 1.165) is 44.8 Å². The van der Waals surface area contributed by atoms with E-state index >= 15 is 0 Å². The van der Waals surface area contributed by atoms with E-state index in [0.29, 0.717) is 4.47 Å². The Balaban J connectivity index is 0.000000413. The molecular formula is C18H29BrN4O. The molecule has 0 spiro atoms. The number of aromatic nitrogens is 2. The molecule has 1 aromatic rings. The molecule has 1 saturated heterocycles. The van der Waals surface area contributed by atoms with Gasteiger partial charge in [-0.05, 0) is 36.2 Å². The third kappa shape index (κ3) is 5.92. The zero-order chi connectivity index (χ0) is 17.9. The Hall–Kier alpha value is -1.37. The van der Waals surface area contributed by atoms with Gasteiger partial charge in [-0.3, -0.25) is 14.4 Å². The Morgan fingerprint density at radius 3 is 2.42 bits per heavy atom. The van der Waals surface area contributed by atoms with Crippen LogP contribution in [0.5, 0.6) is 0 Å². The van der Waals surface area contributed by atoms with E-state index in [9.17, 15) is 4.79 Å². The van der Waals surface area contributed by atoms with Crippen molar-refractivity contribution in [3.63, 3.8) is 0 Å². The van der Waals surface area contributed by atoms with Crippen LogP contribution in [0.4, 0.5) is 0 Å². The molecule has 1 aliphatic rings. The lowest BCUT2D eigenvalue weighted by Crippen LogP contribution is -2.43. The van der Waals surface area contributed by atoms with E-state index < -0.39 is 0 Å². The molecule has 1 aromatic heterocycles. The Labute approximate surface area is 153 Å². The Kier molecular flexibility index (Phi) is 9.67. The predicted molar refractivity (Wildman–Crippen MR) is 106 cm³/mol. The largest absolute Gasteiger partial charge is 0.314 e. The monoisotopic (exact) mass is 396 g/mol. The summed E-state index contributed by atoms with van der Waals surface area (Å²) in [5.74, 6) is 0. The van der Waals surface area contributed by atoms with Crippen molar-refractivity contribution in [3.05, 3.63) is 51.4 Å². The standard InChI is InChI=1S/C12H19BrN4O.C6H10/c1-3-6-17-12(18)11(13)10(15(17)2)9-16-7-4-14-5-8-16;1-3-5-6-4-2/h3,6,14H,4-5,7-9H2,1-2H3;3-4,6H,1,5H2,2H3/b6-3+;6-4-. The summed E-state index contributed by atoms with van der Waals surface area (Å²) in [6.45, 7) is 12.3. The minimum atomic E-state index is 0.000680. The summed E-state index contributed by atoms with van der Waals surface area (Å²) in [5.41, 5.74) is 1.03. The fraction of sp³-hybridized carbons (Fsp3) is 0.500. The molecule has 1 N–H and O–H groups in total. The molecule has 0 unspecified atom stereocenters. The van der Waals surface area contributed by atoms with Crippen LogP contribution in [0.15, 0.2) is 40.2 Å². The second-order valence-corrected chi connectivity index (χ2v) is 6.33. The summed E-state index contributed by atoms with van der Waals surface area (Å²) < 4.78 is 4.21. The van der Waals surface area contributed by atoms with Crippen LogP contribution in [0.25, 0.3) is 6.20 Å². The van der Waals surface area contributed by atoms with Gasteiger partial charge in [0, 0.05) is 46.0 Å². The van der Waals surface area contributed by atoms with Crippen molar-refractivity contribution in [2.75, 3.05) is 26.2 Å². The zero-order valence-corrected chi connectivity index (χ0v) is 16.6. The average Bonchev–Trinajstić information content (AvgIpc) is 2.80. The molecule has 2 heterocycles. The number of hydrogen-bond acceptors (Lipinski definition) is 3. The summed E-state index contributed by atoms with van der Waals surface area (Å²) in [6.07, 6.45) is 10.6. The molecular weight excluding hydrogens is 368 g/mol. The van der Waals surface area contributed by atoms with Crippen molar-refractivity contribution in [1.29, 1.82) is 0 Å².